The molecular weight excluding hydrogens is 249 g/mol. The van der Waals surface area contributed by atoms with E-state index in [1.807, 2.05) is 6.92 Å². The molecule has 1 N–H and O–H groups in total. The third-order valence-corrected chi connectivity index (χ3v) is 3.49. The Morgan fingerprint density at radius 3 is 2.89 bits per heavy atom. The summed E-state index contributed by atoms with van der Waals surface area (Å²) in [6.07, 6.45) is 1.03. The number of halogens is 1. The van der Waals surface area contributed by atoms with Crippen LogP contribution in [-0.4, -0.2) is 34.8 Å². The molecule has 0 radical (unpaired) electrons. The lowest BCUT2D eigenvalue weighted by Crippen LogP contribution is -2.43. The van der Waals surface area contributed by atoms with Crippen molar-refractivity contribution in [3.63, 3.8) is 0 Å². The first kappa shape index (κ1) is 13.5. The molecule has 1 aliphatic heterocycles. The maximum absolute atomic E-state index is 12.9. The number of phenols is 1. The van der Waals surface area contributed by atoms with E-state index >= 15 is 0 Å². The number of aromatic hydroxyl groups is 1. The Kier molecular flexibility index (Phi) is 3.83. The number of benzene rings is 1. The second-order valence-corrected chi connectivity index (χ2v) is 4.73. The zero-order valence-corrected chi connectivity index (χ0v) is 10.7. The van der Waals surface area contributed by atoms with E-state index < -0.39 is 5.82 Å². The van der Waals surface area contributed by atoms with E-state index in [0.29, 0.717) is 25.9 Å². The molecule has 0 bridgehead atoms. The first-order valence-electron chi connectivity index (χ1n) is 6.33. The molecule has 1 amide bonds. The molecule has 1 unspecified atom stereocenters. The lowest BCUT2D eigenvalue weighted by molar-refractivity contribution is -0.125. The number of ketones is 1. The number of carbonyl (C=O) groups excluding carboxylic acids is 2. The molecule has 1 fully saturated rings. The van der Waals surface area contributed by atoms with Crippen LogP contribution in [0.3, 0.4) is 0 Å². The summed E-state index contributed by atoms with van der Waals surface area (Å²) < 4.78 is 12.9. The smallest absolute Gasteiger partial charge is 0.257 e. The maximum Gasteiger partial charge on any atom is 0.257 e. The van der Waals surface area contributed by atoms with Crippen molar-refractivity contribution in [2.75, 3.05) is 13.1 Å². The number of piperidine rings is 1. The molecule has 19 heavy (non-hydrogen) atoms. The SMILES string of the molecule is CCC1CN(C(=O)c2ccc(F)cc2O)CCC1=O. The van der Waals surface area contributed by atoms with Gasteiger partial charge in [-0.1, -0.05) is 6.92 Å². The van der Waals surface area contributed by atoms with Gasteiger partial charge in [-0.3, -0.25) is 9.59 Å². The third kappa shape index (κ3) is 2.75. The third-order valence-electron chi connectivity index (χ3n) is 3.49. The molecule has 0 saturated carbocycles. The number of Topliss-reactive ketones (excluding diaryl/α,β-unsaturated/α-hetero) is 1. The lowest BCUT2D eigenvalue weighted by atomic mass is 9.93. The predicted octanol–water partition coefficient (Wildman–Crippen LogP) is 1.97. The van der Waals surface area contributed by atoms with Gasteiger partial charge in [-0.15, -0.1) is 0 Å². The Bertz CT molecular complexity index is 515. The highest BCUT2D eigenvalue weighted by atomic mass is 19.1. The summed E-state index contributed by atoms with van der Waals surface area (Å²) in [5, 5.41) is 9.61. The molecule has 0 aliphatic carbocycles. The normalized spacial score (nSPS) is 19.6. The molecule has 0 spiro atoms. The molecule has 5 heteroatoms. The van der Waals surface area contributed by atoms with Crippen LogP contribution in [-0.2, 0) is 4.79 Å². The van der Waals surface area contributed by atoms with E-state index in [0.717, 1.165) is 12.1 Å². The summed E-state index contributed by atoms with van der Waals surface area (Å²) in [5.41, 5.74) is 0.0746. The summed E-state index contributed by atoms with van der Waals surface area (Å²) in [7, 11) is 0. The Morgan fingerprint density at radius 1 is 1.53 bits per heavy atom. The van der Waals surface area contributed by atoms with Gasteiger partial charge in [0, 0.05) is 31.5 Å². The van der Waals surface area contributed by atoms with Gasteiger partial charge in [-0.05, 0) is 18.6 Å². The number of hydrogen-bond acceptors (Lipinski definition) is 3. The predicted molar refractivity (Wildman–Crippen MR) is 67.4 cm³/mol. The van der Waals surface area contributed by atoms with Crippen LogP contribution in [0.1, 0.15) is 30.1 Å². The van der Waals surface area contributed by atoms with E-state index in [4.69, 9.17) is 0 Å². The van der Waals surface area contributed by atoms with Crippen molar-refractivity contribution in [1.82, 2.24) is 4.90 Å². The minimum Gasteiger partial charge on any atom is -0.507 e. The Hall–Kier alpha value is -1.91. The van der Waals surface area contributed by atoms with Crippen LogP contribution in [0, 0.1) is 11.7 Å². The zero-order chi connectivity index (χ0) is 14.0. The molecule has 1 aliphatic rings. The van der Waals surface area contributed by atoms with Crippen LogP contribution in [0.15, 0.2) is 18.2 Å². The van der Waals surface area contributed by atoms with E-state index in [2.05, 4.69) is 0 Å². The number of amides is 1. The number of nitrogens with zero attached hydrogens (tertiary/aromatic N) is 1. The second kappa shape index (κ2) is 5.38. The first-order chi connectivity index (χ1) is 9.02. The quantitative estimate of drug-likeness (QED) is 0.889. The van der Waals surface area contributed by atoms with Gasteiger partial charge >= 0.3 is 0 Å². The minimum absolute atomic E-state index is 0.0746. The fourth-order valence-corrected chi connectivity index (χ4v) is 2.31. The molecule has 102 valence electrons. The summed E-state index contributed by atoms with van der Waals surface area (Å²) in [4.78, 5) is 25.4. The van der Waals surface area contributed by atoms with E-state index in [1.165, 1.54) is 6.07 Å². The van der Waals surface area contributed by atoms with Crippen LogP contribution >= 0.6 is 0 Å². The average Bonchev–Trinajstić information content (AvgIpc) is 2.38. The van der Waals surface area contributed by atoms with Gasteiger partial charge in [0.15, 0.2) is 0 Å². The van der Waals surface area contributed by atoms with Gasteiger partial charge in [0.05, 0.1) is 5.56 Å². The van der Waals surface area contributed by atoms with Crippen molar-refractivity contribution in [2.24, 2.45) is 5.92 Å². The van der Waals surface area contributed by atoms with Gasteiger partial charge in [0.2, 0.25) is 0 Å². The van der Waals surface area contributed by atoms with Crippen molar-refractivity contribution < 1.29 is 19.1 Å². The van der Waals surface area contributed by atoms with Crippen LogP contribution in [0.5, 0.6) is 5.75 Å². The van der Waals surface area contributed by atoms with E-state index in [9.17, 15) is 19.1 Å². The number of carbonyl (C=O) groups is 2. The first-order valence-corrected chi connectivity index (χ1v) is 6.33. The molecule has 1 atom stereocenters. The standard InChI is InChI=1S/C14H16FNO3/c1-2-9-8-16(6-5-12(9)17)14(19)11-4-3-10(15)7-13(11)18/h3-4,7,9,18H,2,5-6,8H2,1H3. The Morgan fingerprint density at radius 2 is 2.26 bits per heavy atom. The van der Waals surface area contributed by atoms with Gasteiger partial charge in [-0.25, -0.2) is 4.39 Å². The Balaban J connectivity index is 2.18. The van der Waals surface area contributed by atoms with Crippen molar-refractivity contribution in [3.05, 3.63) is 29.6 Å². The maximum atomic E-state index is 12.9. The topological polar surface area (TPSA) is 57.6 Å². The monoisotopic (exact) mass is 265 g/mol. The van der Waals surface area contributed by atoms with E-state index in [1.54, 1.807) is 4.90 Å². The van der Waals surface area contributed by atoms with Gasteiger partial charge in [-0.2, -0.15) is 0 Å². The van der Waals surface area contributed by atoms with Crippen molar-refractivity contribution in [3.8, 4) is 5.75 Å². The Labute approximate surface area is 110 Å². The summed E-state index contributed by atoms with van der Waals surface area (Å²) in [6, 6.07) is 3.32. The van der Waals surface area contributed by atoms with Crippen LogP contribution in [0.4, 0.5) is 4.39 Å². The minimum atomic E-state index is -0.589. The van der Waals surface area contributed by atoms with Crippen molar-refractivity contribution in [1.29, 1.82) is 0 Å². The molecular formula is C14H16FNO3. The van der Waals surface area contributed by atoms with Crippen LogP contribution in [0.25, 0.3) is 0 Å². The van der Waals surface area contributed by atoms with E-state index in [-0.39, 0.29) is 28.9 Å². The molecule has 1 aromatic carbocycles. The molecule has 0 aromatic heterocycles. The van der Waals surface area contributed by atoms with Crippen LogP contribution in [0.2, 0.25) is 0 Å². The van der Waals surface area contributed by atoms with Crippen LogP contribution < -0.4 is 0 Å². The second-order valence-electron chi connectivity index (χ2n) is 4.73. The highest BCUT2D eigenvalue weighted by molar-refractivity contribution is 5.98. The van der Waals surface area contributed by atoms with Gasteiger partial charge in [0.25, 0.3) is 5.91 Å². The average molecular weight is 265 g/mol. The zero-order valence-electron chi connectivity index (χ0n) is 10.7. The molecule has 2 rings (SSSR count). The fraction of sp³-hybridized carbons (Fsp3) is 0.429. The highest BCUT2D eigenvalue weighted by Gasteiger charge is 2.29. The van der Waals surface area contributed by atoms with Gasteiger partial charge < -0.3 is 10.0 Å². The fourth-order valence-electron chi connectivity index (χ4n) is 2.31. The summed E-state index contributed by atoms with van der Waals surface area (Å²) in [5.74, 6) is -1.28. The molecule has 1 heterocycles. The summed E-state index contributed by atoms with van der Waals surface area (Å²) >= 11 is 0. The summed E-state index contributed by atoms with van der Waals surface area (Å²) in [6.45, 7) is 2.63. The largest absolute Gasteiger partial charge is 0.507 e. The van der Waals surface area contributed by atoms with Crippen molar-refractivity contribution >= 4 is 11.7 Å². The molecule has 1 aromatic rings. The molecule has 4 nitrogen and oxygen atoms in total. The number of rotatable bonds is 2. The lowest BCUT2D eigenvalue weighted by Gasteiger charge is -2.31. The highest BCUT2D eigenvalue weighted by Crippen LogP contribution is 2.23. The van der Waals surface area contributed by atoms with Crippen molar-refractivity contribution in [2.45, 2.75) is 19.8 Å². The van der Waals surface area contributed by atoms with Gasteiger partial charge in [0.1, 0.15) is 17.3 Å². The number of phenolic OH excluding ortho intramolecular Hbond substituents is 1. The molecule has 1 saturated heterocycles. The number of hydrogen-bond donors (Lipinski definition) is 1. The number of likely N-dealkylation sites (tertiary alicyclic amines) is 1.